The minimum Gasteiger partial charge on any atom is -0.375 e. The first-order chi connectivity index (χ1) is 7.27. The molecule has 2 N–H and O–H groups in total. The van der Waals surface area contributed by atoms with Crippen LogP contribution in [0.4, 0.5) is 0 Å². The summed E-state index contributed by atoms with van der Waals surface area (Å²) < 4.78 is 7.42. The van der Waals surface area contributed by atoms with Gasteiger partial charge in [-0.25, -0.2) is 0 Å². The molecule has 1 atom stereocenters. The molecule has 86 valence electrons. The Balaban J connectivity index is 2.33. The second-order valence-corrected chi connectivity index (χ2v) is 3.74. The molecule has 0 bridgehead atoms. The second kappa shape index (κ2) is 6.58. The fourth-order valence-corrected chi connectivity index (χ4v) is 1.25. The van der Waals surface area contributed by atoms with Crippen LogP contribution in [0.25, 0.3) is 0 Å². The van der Waals surface area contributed by atoms with Gasteiger partial charge in [-0.05, 0) is 32.4 Å². The molecule has 0 spiro atoms. The monoisotopic (exact) mass is 211 g/mol. The van der Waals surface area contributed by atoms with Crippen LogP contribution >= 0.6 is 0 Å². The van der Waals surface area contributed by atoms with Crippen LogP contribution in [0, 0.1) is 0 Å². The summed E-state index contributed by atoms with van der Waals surface area (Å²) in [5.74, 6) is 0. The van der Waals surface area contributed by atoms with E-state index in [0.29, 0.717) is 25.8 Å². The minimum absolute atomic E-state index is 0.461. The Morgan fingerprint density at radius 2 is 2.40 bits per heavy atom. The van der Waals surface area contributed by atoms with E-state index in [-0.39, 0.29) is 0 Å². The van der Waals surface area contributed by atoms with E-state index in [4.69, 9.17) is 10.5 Å². The summed E-state index contributed by atoms with van der Waals surface area (Å²) in [6.45, 7) is 6.30. The lowest BCUT2D eigenvalue weighted by Gasteiger charge is -2.08. The van der Waals surface area contributed by atoms with Crippen molar-refractivity contribution in [2.45, 2.75) is 39.3 Å². The predicted molar refractivity (Wildman–Crippen MR) is 60.6 cm³/mol. The van der Waals surface area contributed by atoms with Crippen LogP contribution < -0.4 is 5.73 Å². The maximum Gasteiger partial charge on any atom is 0.0906 e. The average Bonchev–Trinajstić information content (AvgIpc) is 2.72. The maximum absolute atomic E-state index is 5.43. The zero-order chi connectivity index (χ0) is 11.1. The molecule has 1 rings (SSSR count). The molecule has 0 aliphatic carbocycles. The van der Waals surface area contributed by atoms with Crippen molar-refractivity contribution in [2.75, 3.05) is 13.2 Å². The Hall–Kier alpha value is -0.870. The van der Waals surface area contributed by atoms with Gasteiger partial charge in [0.2, 0.25) is 0 Å². The molecule has 0 aliphatic rings. The highest BCUT2D eigenvalue weighted by Crippen LogP contribution is 2.09. The van der Waals surface area contributed by atoms with Gasteiger partial charge in [0.25, 0.3) is 0 Å². The first-order valence-electron chi connectivity index (χ1n) is 5.59. The molecule has 4 nitrogen and oxygen atoms in total. The quantitative estimate of drug-likeness (QED) is 0.699. The Kier molecular flexibility index (Phi) is 5.36. The van der Waals surface area contributed by atoms with Crippen molar-refractivity contribution in [3.05, 3.63) is 18.0 Å². The van der Waals surface area contributed by atoms with Gasteiger partial charge < -0.3 is 10.5 Å². The fraction of sp³-hybridized carbons (Fsp3) is 0.727. The standard InChI is InChI=1S/C11H21N3O/c1-3-10(2)14-7-5-11(13-14)9-15-8-4-6-12/h5,7,10H,3-4,6,8-9,12H2,1-2H3. The number of ether oxygens (including phenoxy) is 1. The SMILES string of the molecule is CCC(C)n1ccc(COCCCN)n1. The largest absolute Gasteiger partial charge is 0.375 e. The summed E-state index contributed by atoms with van der Waals surface area (Å²) in [6.07, 6.45) is 4.01. The van der Waals surface area contributed by atoms with Crippen molar-refractivity contribution in [3.63, 3.8) is 0 Å². The van der Waals surface area contributed by atoms with E-state index in [2.05, 4.69) is 18.9 Å². The Bertz CT molecular complexity index is 273. The van der Waals surface area contributed by atoms with Crippen LogP contribution in [-0.2, 0) is 11.3 Å². The molecular formula is C11H21N3O. The van der Waals surface area contributed by atoms with Gasteiger partial charge in [-0.3, -0.25) is 4.68 Å². The lowest BCUT2D eigenvalue weighted by Crippen LogP contribution is -2.06. The molecular weight excluding hydrogens is 190 g/mol. The number of aromatic nitrogens is 2. The van der Waals surface area contributed by atoms with Gasteiger partial charge in [0.05, 0.1) is 12.3 Å². The smallest absolute Gasteiger partial charge is 0.0906 e. The molecule has 0 radical (unpaired) electrons. The molecule has 0 saturated carbocycles. The highest BCUT2D eigenvalue weighted by atomic mass is 16.5. The van der Waals surface area contributed by atoms with Gasteiger partial charge in [-0.15, -0.1) is 0 Å². The fourth-order valence-electron chi connectivity index (χ4n) is 1.25. The van der Waals surface area contributed by atoms with E-state index >= 15 is 0 Å². The molecule has 0 aliphatic heterocycles. The van der Waals surface area contributed by atoms with Crippen LogP contribution in [0.5, 0.6) is 0 Å². The third-order valence-corrected chi connectivity index (χ3v) is 2.45. The highest BCUT2D eigenvalue weighted by molar-refractivity contribution is 4.97. The van der Waals surface area contributed by atoms with Crippen molar-refractivity contribution in [2.24, 2.45) is 5.73 Å². The number of nitrogens with two attached hydrogens (primary N) is 1. The summed E-state index contributed by atoms with van der Waals surface area (Å²) in [7, 11) is 0. The van der Waals surface area contributed by atoms with Gasteiger partial charge in [0.15, 0.2) is 0 Å². The zero-order valence-electron chi connectivity index (χ0n) is 9.65. The molecule has 1 aromatic rings. The number of hydrogen-bond donors (Lipinski definition) is 1. The summed E-state index contributed by atoms with van der Waals surface area (Å²) >= 11 is 0. The summed E-state index contributed by atoms with van der Waals surface area (Å²) in [5.41, 5.74) is 6.36. The van der Waals surface area contributed by atoms with Crippen LogP contribution in [-0.4, -0.2) is 22.9 Å². The molecule has 0 saturated heterocycles. The zero-order valence-corrected chi connectivity index (χ0v) is 9.65. The van der Waals surface area contributed by atoms with Crippen LogP contribution in [0.1, 0.15) is 38.4 Å². The Morgan fingerprint density at radius 3 is 3.07 bits per heavy atom. The summed E-state index contributed by atoms with van der Waals surface area (Å²) in [4.78, 5) is 0. The van der Waals surface area contributed by atoms with Crippen LogP contribution in [0.3, 0.4) is 0 Å². The number of nitrogens with zero attached hydrogens (tertiary/aromatic N) is 2. The van der Waals surface area contributed by atoms with Crippen molar-refractivity contribution in [1.82, 2.24) is 9.78 Å². The Morgan fingerprint density at radius 1 is 1.60 bits per heavy atom. The van der Waals surface area contributed by atoms with Crippen LogP contribution in [0.15, 0.2) is 12.3 Å². The molecule has 0 fully saturated rings. The topological polar surface area (TPSA) is 53.1 Å². The van der Waals surface area contributed by atoms with E-state index in [1.165, 1.54) is 0 Å². The molecule has 4 heteroatoms. The van der Waals surface area contributed by atoms with E-state index in [1.807, 2.05) is 16.9 Å². The third-order valence-electron chi connectivity index (χ3n) is 2.45. The van der Waals surface area contributed by atoms with E-state index < -0.39 is 0 Å². The maximum atomic E-state index is 5.43. The van der Waals surface area contributed by atoms with Crippen molar-refractivity contribution in [1.29, 1.82) is 0 Å². The van der Waals surface area contributed by atoms with Gasteiger partial charge in [-0.1, -0.05) is 6.92 Å². The lowest BCUT2D eigenvalue weighted by molar-refractivity contribution is 0.116. The molecule has 1 heterocycles. The third kappa shape index (κ3) is 4.01. The van der Waals surface area contributed by atoms with Crippen molar-refractivity contribution < 1.29 is 4.74 Å². The van der Waals surface area contributed by atoms with Crippen molar-refractivity contribution in [3.8, 4) is 0 Å². The molecule has 15 heavy (non-hydrogen) atoms. The number of hydrogen-bond acceptors (Lipinski definition) is 3. The first-order valence-corrected chi connectivity index (χ1v) is 5.59. The molecule has 0 aromatic carbocycles. The average molecular weight is 211 g/mol. The van der Waals surface area contributed by atoms with Gasteiger partial charge in [0.1, 0.15) is 0 Å². The second-order valence-electron chi connectivity index (χ2n) is 3.74. The minimum atomic E-state index is 0.461. The van der Waals surface area contributed by atoms with Gasteiger partial charge in [0, 0.05) is 18.8 Å². The lowest BCUT2D eigenvalue weighted by atomic mass is 10.3. The van der Waals surface area contributed by atoms with Crippen molar-refractivity contribution >= 4 is 0 Å². The predicted octanol–water partition coefficient (Wildman–Crippen LogP) is 1.72. The van der Waals surface area contributed by atoms with Gasteiger partial charge >= 0.3 is 0 Å². The molecule has 0 amide bonds. The highest BCUT2D eigenvalue weighted by Gasteiger charge is 2.04. The van der Waals surface area contributed by atoms with Crippen LogP contribution in [0.2, 0.25) is 0 Å². The van der Waals surface area contributed by atoms with Gasteiger partial charge in [-0.2, -0.15) is 5.10 Å². The summed E-state index contributed by atoms with van der Waals surface area (Å²) in [5, 5.41) is 4.44. The van der Waals surface area contributed by atoms with E-state index in [1.54, 1.807) is 0 Å². The molecule has 1 unspecified atom stereocenters. The number of rotatable bonds is 7. The summed E-state index contributed by atoms with van der Waals surface area (Å²) in [6, 6.07) is 2.47. The van der Waals surface area contributed by atoms with E-state index in [0.717, 1.165) is 18.5 Å². The van der Waals surface area contributed by atoms with E-state index in [9.17, 15) is 0 Å². The normalized spacial score (nSPS) is 13.0. The first kappa shape index (κ1) is 12.2. The Labute approximate surface area is 91.4 Å². The molecule has 1 aromatic heterocycles.